The van der Waals surface area contributed by atoms with Gasteiger partial charge in [0.05, 0.1) is 12.9 Å². The predicted octanol–water partition coefficient (Wildman–Crippen LogP) is 2.97. The lowest BCUT2D eigenvalue weighted by Gasteiger charge is -2.28. The highest BCUT2D eigenvalue weighted by Gasteiger charge is 2.31. The van der Waals surface area contributed by atoms with E-state index in [0.29, 0.717) is 6.61 Å². The van der Waals surface area contributed by atoms with Crippen LogP contribution in [-0.2, 0) is 13.6 Å². The molecule has 0 radical (unpaired) electrons. The van der Waals surface area contributed by atoms with Crippen LogP contribution < -0.4 is 0 Å². The third-order valence-electron chi connectivity index (χ3n) is 2.06. The van der Waals surface area contributed by atoms with Crippen molar-refractivity contribution in [3.8, 4) is 0 Å². The second kappa shape index (κ2) is 5.04. The van der Waals surface area contributed by atoms with E-state index in [0.717, 1.165) is 0 Å². The summed E-state index contributed by atoms with van der Waals surface area (Å²) in [6.45, 7) is 13.8. The van der Waals surface area contributed by atoms with Gasteiger partial charge in [0.15, 0.2) is 16.6 Å². The summed E-state index contributed by atoms with van der Waals surface area (Å²) < 4.78 is 17.4. The van der Waals surface area contributed by atoms with Crippen LogP contribution in [0.25, 0.3) is 0 Å². The molecule has 0 unspecified atom stereocenters. The summed E-state index contributed by atoms with van der Waals surface area (Å²) >= 11 is 0. The first-order valence-electron chi connectivity index (χ1n) is 5.81. The first kappa shape index (κ1) is 14.0. The van der Waals surface area contributed by atoms with Crippen molar-refractivity contribution >= 4 is 16.6 Å². The van der Waals surface area contributed by atoms with Gasteiger partial charge < -0.3 is 13.6 Å². The molecule has 0 aromatic heterocycles. The molecule has 3 nitrogen and oxygen atoms in total. The van der Waals surface area contributed by atoms with Crippen LogP contribution in [0.4, 0.5) is 0 Å². The van der Waals surface area contributed by atoms with Gasteiger partial charge >= 0.3 is 0 Å². The molecular weight excluding hydrogens is 236 g/mol. The molecule has 0 amide bonds. The molecule has 0 spiro atoms. The van der Waals surface area contributed by atoms with E-state index < -0.39 is 16.6 Å². The Kier molecular flexibility index (Phi) is 4.39. The fraction of sp³-hybridized carbons (Fsp3) is 0.818. The van der Waals surface area contributed by atoms with Crippen LogP contribution in [0.1, 0.15) is 0 Å². The van der Waals surface area contributed by atoms with E-state index in [1.54, 1.807) is 6.26 Å². The largest absolute Gasteiger partial charge is 0.493 e. The van der Waals surface area contributed by atoms with Gasteiger partial charge in [-0.1, -0.05) is 0 Å². The SMILES string of the molecule is C[Si](C)(C)OC[C@H]1OC=C[C@@H]1O[Si](C)(C)C. The minimum absolute atomic E-state index is 0.0402. The Balaban J connectivity index is 2.43. The molecule has 0 aromatic rings. The summed E-state index contributed by atoms with van der Waals surface area (Å²) in [5.41, 5.74) is 0. The average Bonchev–Trinajstić information content (AvgIpc) is 2.44. The van der Waals surface area contributed by atoms with Crippen LogP contribution in [0.3, 0.4) is 0 Å². The highest BCUT2D eigenvalue weighted by Crippen LogP contribution is 2.20. The zero-order valence-corrected chi connectivity index (χ0v) is 13.2. The molecule has 1 rings (SSSR count). The average molecular weight is 260 g/mol. The lowest BCUT2D eigenvalue weighted by molar-refractivity contribution is 0.0347. The van der Waals surface area contributed by atoms with E-state index in [9.17, 15) is 0 Å². The van der Waals surface area contributed by atoms with Crippen molar-refractivity contribution in [2.45, 2.75) is 51.5 Å². The lowest BCUT2D eigenvalue weighted by atomic mass is 10.2. The van der Waals surface area contributed by atoms with Crippen LogP contribution in [0.2, 0.25) is 39.3 Å². The molecule has 1 aliphatic heterocycles. The second-order valence-electron chi connectivity index (χ2n) is 6.12. The molecule has 94 valence electrons. The lowest BCUT2D eigenvalue weighted by Crippen LogP contribution is -2.40. The van der Waals surface area contributed by atoms with Crippen LogP contribution in [-0.4, -0.2) is 35.4 Å². The van der Waals surface area contributed by atoms with Crippen molar-refractivity contribution in [3.05, 3.63) is 12.3 Å². The van der Waals surface area contributed by atoms with Crippen molar-refractivity contribution in [2.24, 2.45) is 0 Å². The second-order valence-corrected chi connectivity index (χ2v) is 15.1. The Morgan fingerprint density at radius 1 is 1.06 bits per heavy atom. The Bertz CT molecular complexity index is 253. The van der Waals surface area contributed by atoms with Crippen molar-refractivity contribution in [2.75, 3.05) is 6.61 Å². The molecule has 0 bridgehead atoms. The fourth-order valence-electron chi connectivity index (χ4n) is 1.41. The number of rotatable bonds is 5. The van der Waals surface area contributed by atoms with Gasteiger partial charge in [0.25, 0.3) is 0 Å². The Labute approximate surface area is 101 Å². The third kappa shape index (κ3) is 5.29. The molecule has 0 aromatic carbocycles. The zero-order chi connectivity index (χ0) is 12.4. The molecular formula is C11H24O3Si2. The van der Waals surface area contributed by atoms with Gasteiger partial charge in [0, 0.05) is 0 Å². The van der Waals surface area contributed by atoms with Gasteiger partial charge in [-0.15, -0.1) is 0 Å². The van der Waals surface area contributed by atoms with Gasteiger partial charge in [-0.25, -0.2) is 0 Å². The van der Waals surface area contributed by atoms with Crippen LogP contribution in [0.15, 0.2) is 12.3 Å². The highest BCUT2D eigenvalue weighted by atomic mass is 28.4. The topological polar surface area (TPSA) is 27.7 Å². The maximum Gasteiger partial charge on any atom is 0.184 e. The molecule has 1 aliphatic rings. The minimum atomic E-state index is -1.51. The Morgan fingerprint density at radius 2 is 1.69 bits per heavy atom. The highest BCUT2D eigenvalue weighted by molar-refractivity contribution is 6.70. The molecule has 0 N–H and O–H groups in total. The molecule has 0 aliphatic carbocycles. The fourth-order valence-corrected chi connectivity index (χ4v) is 3.13. The first-order chi connectivity index (χ1) is 7.17. The standard InChI is InChI=1S/C11H24O3Si2/c1-15(2,3)13-9-11-10(7-8-12-11)14-16(4,5)6/h7-8,10-11H,9H2,1-6H3/t10-,11+/m0/s1. The van der Waals surface area contributed by atoms with E-state index >= 15 is 0 Å². The zero-order valence-electron chi connectivity index (χ0n) is 11.2. The molecule has 2 atom stereocenters. The number of ether oxygens (including phenoxy) is 1. The summed E-state index contributed by atoms with van der Waals surface area (Å²) in [6.07, 6.45) is 3.85. The maximum atomic E-state index is 6.04. The van der Waals surface area contributed by atoms with Gasteiger partial charge in [-0.2, -0.15) is 0 Å². The van der Waals surface area contributed by atoms with Crippen molar-refractivity contribution in [1.29, 1.82) is 0 Å². The predicted molar refractivity (Wildman–Crippen MR) is 71.5 cm³/mol. The van der Waals surface area contributed by atoms with E-state index in [1.165, 1.54) is 0 Å². The minimum Gasteiger partial charge on any atom is -0.493 e. The summed E-state index contributed by atoms with van der Waals surface area (Å²) in [4.78, 5) is 0. The Morgan fingerprint density at radius 3 is 2.19 bits per heavy atom. The van der Waals surface area contributed by atoms with Gasteiger partial charge in [0.1, 0.15) is 12.2 Å². The summed E-state index contributed by atoms with van der Waals surface area (Å²) in [6, 6.07) is 0. The molecule has 0 fully saturated rings. The number of hydrogen-bond donors (Lipinski definition) is 0. The Hall–Kier alpha value is -0.106. The quantitative estimate of drug-likeness (QED) is 0.711. The van der Waals surface area contributed by atoms with E-state index in [-0.39, 0.29) is 12.2 Å². The van der Waals surface area contributed by atoms with Gasteiger partial charge in [0.2, 0.25) is 0 Å². The van der Waals surface area contributed by atoms with Gasteiger partial charge in [-0.05, 0) is 45.4 Å². The summed E-state index contributed by atoms with van der Waals surface area (Å²) in [5, 5.41) is 0. The molecule has 0 saturated carbocycles. The van der Waals surface area contributed by atoms with E-state index in [1.807, 2.05) is 6.08 Å². The van der Waals surface area contributed by atoms with Gasteiger partial charge in [-0.3, -0.25) is 0 Å². The summed E-state index contributed by atoms with van der Waals surface area (Å²) in [7, 11) is -2.98. The monoisotopic (exact) mass is 260 g/mol. The van der Waals surface area contributed by atoms with Crippen molar-refractivity contribution in [1.82, 2.24) is 0 Å². The normalized spacial score (nSPS) is 25.9. The third-order valence-corrected chi connectivity index (χ3v) is 4.07. The van der Waals surface area contributed by atoms with E-state index in [2.05, 4.69) is 39.3 Å². The molecule has 5 heteroatoms. The van der Waals surface area contributed by atoms with Crippen LogP contribution in [0, 0.1) is 0 Å². The van der Waals surface area contributed by atoms with Crippen molar-refractivity contribution in [3.63, 3.8) is 0 Å². The molecule has 0 saturated heterocycles. The first-order valence-corrected chi connectivity index (χ1v) is 12.6. The molecule has 16 heavy (non-hydrogen) atoms. The van der Waals surface area contributed by atoms with Crippen LogP contribution in [0.5, 0.6) is 0 Å². The van der Waals surface area contributed by atoms with Crippen molar-refractivity contribution < 1.29 is 13.6 Å². The smallest absolute Gasteiger partial charge is 0.184 e. The number of hydrogen-bond acceptors (Lipinski definition) is 3. The van der Waals surface area contributed by atoms with Crippen LogP contribution >= 0.6 is 0 Å². The maximum absolute atomic E-state index is 6.04. The molecule has 1 heterocycles. The summed E-state index contributed by atoms with van der Waals surface area (Å²) in [5.74, 6) is 0. The van der Waals surface area contributed by atoms with E-state index in [4.69, 9.17) is 13.6 Å².